The Bertz CT molecular complexity index is 1280. The second-order valence-electron chi connectivity index (χ2n) is 19.8. The molecule has 0 heterocycles. The normalized spacial score (nSPS) is 14.2. The van der Waals surface area contributed by atoms with Gasteiger partial charge in [0.25, 0.3) is 7.82 Å². The van der Waals surface area contributed by atoms with Crippen LogP contribution in [0.3, 0.4) is 0 Å². The lowest BCUT2D eigenvalue weighted by Gasteiger charge is -2.30. The van der Waals surface area contributed by atoms with Crippen molar-refractivity contribution in [3.63, 3.8) is 0 Å². The third-order valence-corrected chi connectivity index (χ3v) is 13.0. The highest BCUT2D eigenvalue weighted by Gasteiger charge is 2.27. The fraction of sp³-hybridized carbons (Fsp3) is 0.821. The number of hydrogen-bond donors (Lipinski definition) is 1. The zero-order chi connectivity index (χ0) is 48.7. The Morgan fingerprint density at radius 1 is 0.545 bits per heavy atom. The van der Waals surface area contributed by atoms with Crippen LogP contribution >= 0.6 is 7.82 Å². The number of esters is 1. The first-order valence-electron chi connectivity index (χ1n) is 27.5. The summed E-state index contributed by atoms with van der Waals surface area (Å²) < 4.78 is 30.2. The summed E-state index contributed by atoms with van der Waals surface area (Å²) in [5.41, 5.74) is 0. The maximum atomic E-state index is 13.4. The van der Waals surface area contributed by atoms with E-state index in [1.165, 1.54) is 128 Å². The molecule has 0 fully saturated rings. The van der Waals surface area contributed by atoms with Crippen LogP contribution in [0.1, 0.15) is 245 Å². The number of amides is 1. The van der Waals surface area contributed by atoms with Crippen LogP contribution in [0, 0.1) is 0 Å². The molecule has 66 heavy (non-hydrogen) atoms. The molecule has 9 nitrogen and oxygen atoms in total. The number of nitrogens with zero attached hydrogens (tertiary/aromatic N) is 1. The van der Waals surface area contributed by atoms with Crippen molar-refractivity contribution in [2.75, 3.05) is 40.9 Å². The Morgan fingerprint density at radius 3 is 1.44 bits per heavy atom. The smallest absolute Gasteiger partial charge is 0.306 e. The van der Waals surface area contributed by atoms with Gasteiger partial charge < -0.3 is 28.5 Å². The van der Waals surface area contributed by atoms with Crippen molar-refractivity contribution in [2.24, 2.45) is 0 Å². The predicted molar refractivity (Wildman–Crippen MR) is 279 cm³/mol. The minimum Gasteiger partial charge on any atom is -0.756 e. The molecule has 10 heteroatoms. The van der Waals surface area contributed by atoms with Crippen LogP contribution < -0.4 is 10.2 Å². The van der Waals surface area contributed by atoms with Gasteiger partial charge in [0.15, 0.2) is 0 Å². The third-order valence-electron chi connectivity index (χ3n) is 12.1. The van der Waals surface area contributed by atoms with E-state index >= 15 is 0 Å². The Hall–Kier alpha value is -2.03. The number of nitrogens with one attached hydrogen (secondary N) is 1. The van der Waals surface area contributed by atoms with Crippen LogP contribution in [0.2, 0.25) is 0 Å². The number of phosphoric ester groups is 1. The molecule has 0 saturated heterocycles. The number of carbonyl (C=O) groups excluding carboxylic acids is 2. The first-order chi connectivity index (χ1) is 31.9. The highest BCUT2D eigenvalue weighted by atomic mass is 31.2. The van der Waals surface area contributed by atoms with E-state index in [0.717, 1.165) is 77.0 Å². The van der Waals surface area contributed by atoms with E-state index in [4.69, 9.17) is 13.8 Å². The molecule has 1 N–H and O–H groups in total. The van der Waals surface area contributed by atoms with Crippen molar-refractivity contribution in [1.82, 2.24) is 5.32 Å². The second-order valence-corrected chi connectivity index (χ2v) is 21.2. The number of rotatable bonds is 49. The largest absolute Gasteiger partial charge is 0.756 e. The average molecular weight is 949 g/mol. The van der Waals surface area contributed by atoms with Gasteiger partial charge in [0.05, 0.1) is 33.8 Å². The minimum atomic E-state index is -4.69. The van der Waals surface area contributed by atoms with E-state index in [1.807, 2.05) is 39.4 Å². The van der Waals surface area contributed by atoms with Crippen molar-refractivity contribution in [3.05, 3.63) is 48.6 Å². The number of phosphoric acid groups is 1. The quantitative estimate of drug-likeness (QED) is 0.0161. The molecule has 0 aliphatic heterocycles. The summed E-state index contributed by atoms with van der Waals surface area (Å²) in [6.07, 6.45) is 55.0. The molecule has 3 unspecified atom stereocenters. The zero-order valence-corrected chi connectivity index (χ0v) is 44.8. The summed E-state index contributed by atoms with van der Waals surface area (Å²) in [7, 11) is 1.17. The number of carbonyl (C=O) groups is 2. The first-order valence-corrected chi connectivity index (χ1v) is 28.9. The molecular formula is C56H105N2O7P. The van der Waals surface area contributed by atoms with E-state index in [1.54, 1.807) is 0 Å². The summed E-state index contributed by atoms with van der Waals surface area (Å²) in [6, 6.07) is -0.894. The van der Waals surface area contributed by atoms with Crippen molar-refractivity contribution in [3.8, 4) is 0 Å². The molecule has 0 aliphatic carbocycles. The molecule has 0 saturated carbocycles. The number of ether oxygens (including phenoxy) is 1. The van der Waals surface area contributed by atoms with Gasteiger partial charge in [0.1, 0.15) is 19.3 Å². The van der Waals surface area contributed by atoms with Crippen molar-refractivity contribution in [2.45, 2.75) is 258 Å². The van der Waals surface area contributed by atoms with Gasteiger partial charge in [-0.2, -0.15) is 0 Å². The Labute approximate surface area is 408 Å². The molecule has 0 radical (unpaired) electrons. The summed E-state index contributed by atoms with van der Waals surface area (Å²) in [5.74, 6) is -0.560. The monoisotopic (exact) mass is 949 g/mol. The lowest BCUT2D eigenvalue weighted by molar-refractivity contribution is -0.870. The van der Waals surface area contributed by atoms with E-state index in [0.29, 0.717) is 23.9 Å². The zero-order valence-electron chi connectivity index (χ0n) is 43.9. The van der Waals surface area contributed by atoms with Gasteiger partial charge in [-0.25, -0.2) is 0 Å². The summed E-state index contributed by atoms with van der Waals surface area (Å²) in [4.78, 5) is 39.7. The topological polar surface area (TPSA) is 114 Å². The molecule has 0 spiro atoms. The molecule has 0 bridgehead atoms. The van der Waals surface area contributed by atoms with E-state index in [-0.39, 0.29) is 24.9 Å². The number of unbranched alkanes of at least 4 members (excludes halogenated alkanes) is 29. The molecule has 1 amide bonds. The highest BCUT2D eigenvalue weighted by molar-refractivity contribution is 7.45. The summed E-state index contributed by atoms with van der Waals surface area (Å²) >= 11 is 0. The lowest BCUT2D eigenvalue weighted by Crippen LogP contribution is -2.47. The fourth-order valence-electron chi connectivity index (χ4n) is 7.82. The highest BCUT2D eigenvalue weighted by Crippen LogP contribution is 2.38. The minimum absolute atomic E-state index is 0.0261. The maximum Gasteiger partial charge on any atom is 0.306 e. The van der Waals surface area contributed by atoms with Gasteiger partial charge in [0.2, 0.25) is 5.91 Å². The van der Waals surface area contributed by atoms with E-state index in [2.05, 4.69) is 56.5 Å². The molecular weight excluding hydrogens is 844 g/mol. The standard InChI is InChI=1S/C56H105N2O7P/c1-7-10-13-16-19-22-25-28-29-31-34-37-40-43-46-49-56(60)65-54(47-44-41-38-35-32-27-24-21-18-15-12-9-3)53(52-64-66(61,62)63-51-50-58(4,5)6)57-55(59)48-45-42-39-36-33-30-26-23-20-17-14-11-8-2/h11,14,17,20,23,26,44,47,53-54H,7-10,12-13,15-16,18-19,21-22,24-25,27-43,45-46,48-52H2,1-6H3,(H-,57,59,61,62)/b14-11+,20-17+,26-23-,47-44+. The maximum absolute atomic E-state index is 13.4. The average Bonchev–Trinajstić information content (AvgIpc) is 3.27. The van der Waals surface area contributed by atoms with Gasteiger partial charge in [-0.3, -0.25) is 14.2 Å². The van der Waals surface area contributed by atoms with Crippen LogP contribution in [0.4, 0.5) is 0 Å². The van der Waals surface area contributed by atoms with E-state index in [9.17, 15) is 19.0 Å². The Morgan fingerprint density at radius 2 is 0.970 bits per heavy atom. The third kappa shape index (κ3) is 47.1. The molecule has 386 valence electrons. The van der Waals surface area contributed by atoms with E-state index < -0.39 is 26.6 Å². The number of hydrogen-bond acceptors (Lipinski definition) is 7. The lowest BCUT2D eigenvalue weighted by atomic mass is 10.0. The molecule has 0 aromatic carbocycles. The van der Waals surface area contributed by atoms with Gasteiger partial charge in [-0.1, -0.05) is 230 Å². The molecule has 3 atom stereocenters. The number of quaternary nitrogens is 1. The Balaban J connectivity index is 5.40. The number of allylic oxidation sites excluding steroid dienone is 7. The van der Waals surface area contributed by atoms with Gasteiger partial charge in [0, 0.05) is 12.8 Å². The van der Waals surface area contributed by atoms with Crippen LogP contribution in [-0.4, -0.2) is 69.4 Å². The van der Waals surface area contributed by atoms with Crippen molar-refractivity contribution < 1.29 is 37.3 Å². The predicted octanol–water partition coefficient (Wildman–Crippen LogP) is 15.5. The SMILES string of the molecule is CC/C=C/C=C/C=C\CCCCCCCC(=O)NC(COP(=O)([O-])OCC[N+](C)(C)C)C(/C=C/CCCCCCCCCCCC)OC(=O)CCCCCCCCCCCCCCCCC. The first kappa shape index (κ1) is 64.0. The van der Waals surface area contributed by atoms with Crippen LogP contribution in [0.25, 0.3) is 0 Å². The van der Waals surface area contributed by atoms with Gasteiger partial charge in [-0.05, 0) is 51.0 Å². The van der Waals surface area contributed by atoms with Crippen LogP contribution in [0.5, 0.6) is 0 Å². The fourth-order valence-corrected chi connectivity index (χ4v) is 8.54. The summed E-state index contributed by atoms with van der Waals surface area (Å²) in [5, 5.41) is 3.00. The molecule has 0 aromatic heterocycles. The van der Waals surface area contributed by atoms with Crippen molar-refractivity contribution >= 4 is 19.7 Å². The molecule has 0 aromatic rings. The Kier molecular flexibility index (Phi) is 45.3. The summed E-state index contributed by atoms with van der Waals surface area (Å²) in [6.45, 7) is 6.69. The molecule has 0 rings (SSSR count). The second kappa shape index (κ2) is 46.7. The van der Waals surface area contributed by atoms with Crippen LogP contribution in [-0.2, 0) is 27.9 Å². The molecule has 0 aliphatic rings. The number of likely N-dealkylation sites (N-methyl/N-ethyl adjacent to an activating group) is 1. The van der Waals surface area contributed by atoms with Gasteiger partial charge >= 0.3 is 5.97 Å². The van der Waals surface area contributed by atoms with Gasteiger partial charge in [-0.15, -0.1) is 0 Å². The van der Waals surface area contributed by atoms with Crippen LogP contribution in [0.15, 0.2) is 48.6 Å². The van der Waals surface area contributed by atoms with Crippen molar-refractivity contribution in [1.29, 1.82) is 0 Å².